The standard InChI is InChI=1S/C27H26N2O4/c1-16(2)24(27(32)33)29-15-21-14-20(10-13-23(21)26(29)31)18-8-11-22(12-9-18)28-25(30)19-6-4-17(3)5-7-19/h4-14,16,24H,15H2,1-3H3,(H,28,30)(H,32,33)/t24-/m0/s1. The lowest BCUT2D eigenvalue weighted by atomic mass is 10.0. The molecule has 0 saturated heterocycles. The van der Waals surface area contributed by atoms with Crippen molar-refractivity contribution in [2.45, 2.75) is 33.4 Å². The first kappa shape index (κ1) is 22.3. The van der Waals surface area contributed by atoms with Crippen molar-refractivity contribution >= 4 is 23.5 Å². The summed E-state index contributed by atoms with van der Waals surface area (Å²) in [6.45, 7) is 5.86. The highest BCUT2D eigenvalue weighted by Crippen LogP contribution is 2.31. The molecule has 2 N–H and O–H groups in total. The fourth-order valence-corrected chi connectivity index (χ4v) is 4.18. The van der Waals surface area contributed by atoms with Crippen molar-refractivity contribution < 1.29 is 19.5 Å². The summed E-state index contributed by atoms with van der Waals surface area (Å²) >= 11 is 0. The van der Waals surface area contributed by atoms with E-state index < -0.39 is 12.0 Å². The molecule has 0 bridgehead atoms. The summed E-state index contributed by atoms with van der Waals surface area (Å²) in [6.07, 6.45) is 0. The van der Waals surface area contributed by atoms with Crippen molar-refractivity contribution in [3.8, 4) is 11.1 Å². The average Bonchev–Trinajstić information content (AvgIpc) is 3.09. The van der Waals surface area contributed by atoms with Gasteiger partial charge in [-0.2, -0.15) is 0 Å². The fourth-order valence-electron chi connectivity index (χ4n) is 4.18. The van der Waals surface area contributed by atoms with E-state index in [-0.39, 0.29) is 24.3 Å². The molecule has 0 fully saturated rings. The maximum Gasteiger partial charge on any atom is 0.326 e. The van der Waals surface area contributed by atoms with Gasteiger partial charge in [0, 0.05) is 23.4 Å². The molecule has 3 aromatic rings. The number of anilines is 1. The molecule has 6 nitrogen and oxygen atoms in total. The van der Waals surface area contributed by atoms with Crippen LogP contribution in [0.3, 0.4) is 0 Å². The second kappa shape index (κ2) is 8.90. The summed E-state index contributed by atoms with van der Waals surface area (Å²) in [4.78, 5) is 38.4. The molecular weight excluding hydrogens is 416 g/mol. The summed E-state index contributed by atoms with van der Waals surface area (Å²) in [5, 5.41) is 12.5. The molecule has 4 rings (SSSR count). The summed E-state index contributed by atoms with van der Waals surface area (Å²) in [5.74, 6) is -1.60. The Morgan fingerprint density at radius 1 is 0.939 bits per heavy atom. The van der Waals surface area contributed by atoms with Crippen LogP contribution in [0.1, 0.15) is 45.7 Å². The van der Waals surface area contributed by atoms with Crippen LogP contribution in [-0.4, -0.2) is 33.8 Å². The van der Waals surface area contributed by atoms with Crippen LogP contribution in [0.2, 0.25) is 0 Å². The van der Waals surface area contributed by atoms with Gasteiger partial charge in [-0.3, -0.25) is 9.59 Å². The second-order valence-electron chi connectivity index (χ2n) is 8.73. The van der Waals surface area contributed by atoms with Crippen LogP contribution >= 0.6 is 0 Å². The van der Waals surface area contributed by atoms with Gasteiger partial charge in [0.2, 0.25) is 0 Å². The van der Waals surface area contributed by atoms with Crippen LogP contribution in [0.15, 0.2) is 66.7 Å². The van der Waals surface area contributed by atoms with Gasteiger partial charge in [0.25, 0.3) is 11.8 Å². The third-order valence-corrected chi connectivity index (χ3v) is 5.95. The highest BCUT2D eigenvalue weighted by Gasteiger charge is 2.38. The summed E-state index contributed by atoms with van der Waals surface area (Å²) in [5.41, 5.74) is 5.62. The highest BCUT2D eigenvalue weighted by atomic mass is 16.4. The predicted molar refractivity (Wildman–Crippen MR) is 127 cm³/mol. The molecule has 0 spiro atoms. The van der Waals surface area contributed by atoms with Crippen LogP contribution in [0.25, 0.3) is 11.1 Å². The van der Waals surface area contributed by atoms with Gasteiger partial charge in [0.15, 0.2) is 0 Å². The normalized spacial score (nSPS) is 13.7. The second-order valence-corrected chi connectivity index (χ2v) is 8.73. The monoisotopic (exact) mass is 442 g/mol. The summed E-state index contributed by atoms with van der Waals surface area (Å²) in [7, 11) is 0. The number of aliphatic carboxylic acids is 1. The van der Waals surface area contributed by atoms with E-state index in [1.54, 1.807) is 32.0 Å². The Hall–Kier alpha value is -3.93. The van der Waals surface area contributed by atoms with Gasteiger partial charge in [-0.25, -0.2) is 4.79 Å². The lowest BCUT2D eigenvalue weighted by molar-refractivity contribution is -0.144. The first-order valence-electron chi connectivity index (χ1n) is 10.9. The van der Waals surface area contributed by atoms with Crippen molar-refractivity contribution in [2.75, 3.05) is 5.32 Å². The van der Waals surface area contributed by atoms with Crippen molar-refractivity contribution in [2.24, 2.45) is 5.92 Å². The van der Waals surface area contributed by atoms with Gasteiger partial charge in [0.05, 0.1) is 0 Å². The number of carboxylic acid groups (broad SMARTS) is 1. The smallest absolute Gasteiger partial charge is 0.326 e. The molecule has 1 atom stereocenters. The first-order valence-corrected chi connectivity index (χ1v) is 10.9. The number of fused-ring (bicyclic) bond motifs is 1. The van der Waals surface area contributed by atoms with Crippen LogP contribution in [-0.2, 0) is 11.3 Å². The van der Waals surface area contributed by atoms with Gasteiger partial charge < -0.3 is 15.3 Å². The zero-order valence-electron chi connectivity index (χ0n) is 18.8. The Kier molecular flexibility index (Phi) is 6.01. The molecule has 6 heteroatoms. The molecule has 0 aliphatic carbocycles. The van der Waals surface area contributed by atoms with Crippen LogP contribution in [0.5, 0.6) is 0 Å². The Balaban J connectivity index is 1.51. The number of aryl methyl sites for hydroxylation is 1. The number of rotatable bonds is 6. The largest absolute Gasteiger partial charge is 0.480 e. The molecule has 2 amide bonds. The molecule has 1 aliphatic heterocycles. The Labute approximate surface area is 192 Å². The molecule has 0 aromatic heterocycles. The van der Waals surface area contributed by atoms with Gasteiger partial charge in [-0.05, 0) is 65.9 Å². The molecule has 33 heavy (non-hydrogen) atoms. The van der Waals surface area contributed by atoms with Crippen molar-refractivity contribution in [3.63, 3.8) is 0 Å². The molecule has 1 aliphatic rings. The van der Waals surface area contributed by atoms with Gasteiger partial charge >= 0.3 is 5.97 Å². The number of nitrogens with one attached hydrogen (secondary N) is 1. The van der Waals surface area contributed by atoms with Gasteiger partial charge in [-0.1, -0.05) is 49.7 Å². The van der Waals surface area contributed by atoms with Crippen molar-refractivity contribution in [1.29, 1.82) is 0 Å². The molecule has 0 unspecified atom stereocenters. The van der Waals surface area contributed by atoms with E-state index in [1.807, 2.05) is 55.5 Å². The fraction of sp³-hybridized carbons (Fsp3) is 0.222. The quantitative estimate of drug-likeness (QED) is 0.564. The molecule has 3 aromatic carbocycles. The minimum atomic E-state index is -0.991. The highest BCUT2D eigenvalue weighted by molar-refractivity contribution is 6.04. The van der Waals surface area contributed by atoms with Crippen LogP contribution in [0, 0.1) is 12.8 Å². The van der Waals surface area contributed by atoms with Crippen molar-refractivity contribution in [3.05, 3.63) is 89.0 Å². The van der Waals surface area contributed by atoms with E-state index in [4.69, 9.17) is 0 Å². The Morgan fingerprint density at radius 3 is 2.18 bits per heavy atom. The van der Waals surface area contributed by atoms with E-state index in [1.165, 1.54) is 4.90 Å². The van der Waals surface area contributed by atoms with E-state index in [9.17, 15) is 19.5 Å². The van der Waals surface area contributed by atoms with E-state index in [0.717, 1.165) is 22.3 Å². The topological polar surface area (TPSA) is 86.7 Å². The maximum absolute atomic E-state index is 12.8. The Bertz CT molecular complexity index is 1210. The van der Waals surface area contributed by atoms with E-state index in [0.29, 0.717) is 16.8 Å². The van der Waals surface area contributed by atoms with Crippen LogP contribution < -0.4 is 5.32 Å². The Morgan fingerprint density at radius 2 is 1.58 bits per heavy atom. The number of carbonyl (C=O) groups is 3. The number of carboxylic acids is 1. The molecule has 1 heterocycles. The number of hydrogen-bond acceptors (Lipinski definition) is 3. The summed E-state index contributed by atoms with van der Waals surface area (Å²) in [6, 6.07) is 19.6. The number of hydrogen-bond donors (Lipinski definition) is 2. The third-order valence-electron chi connectivity index (χ3n) is 5.95. The minimum absolute atomic E-state index is 0.169. The lowest BCUT2D eigenvalue weighted by Gasteiger charge is -2.27. The number of benzene rings is 3. The molecular formula is C27H26N2O4. The first-order chi connectivity index (χ1) is 15.7. The minimum Gasteiger partial charge on any atom is -0.480 e. The van der Waals surface area contributed by atoms with Crippen LogP contribution in [0.4, 0.5) is 5.69 Å². The van der Waals surface area contributed by atoms with Crippen molar-refractivity contribution in [1.82, 2.24) is 4.90 Å². The van der Waals surface area contributed by atoms with E-state index >= 15 is 0 Å². The van der Waals surface area contributed by atoms with Gasteiger partial charge in [0.1, 0.15) is 6.04 Å². The predicted octanol–water partition coefficient (Wildman–Crippen LogP) is 4.98. The lowest BCUT2D eigenvalue weighted by Crippen LogP contribution is -2.44. The number of carbonyl (C=O) groups excluding carboxylic acids is 2. The van der Waals surface area contributed by atoms with Gasteiger partial charge in [-0.15, -0.1) is 0 Å². The molecule has 0 radical (unpaired) electrons. The number of amides is 2. The SMILES string of the molecule is Cc1ccc(C(=O)Nc2ccc(-c3ccc4c(c3)CN([C@H](C(=O)O)C(C)C)C4=O)cc2)cc1. The number of nitrogens with zero attached hydrogens (tertiary/aromatic N) is 1. The molecule has 168 valence electrons. The third kappa shape index (κ3) is 4.51. The summed E-state index contributed by atoms with van der Waals surface area (Å²) < 4.78 is 0. The van der Waals surface area contributed by atoms with E-state index in [2.05, 4.69) is 5.32 Å². The maximum atomic E-state index is 12.8. The molecule has 0 saturated carbocycles. The zero-order valence-corrected chi connectivity index (χ0v) is 18.8. The zero-order chi connectivity index (χ0) is 23.7. The average molecular weight is 443 g/mol.